The molecule has 0 bridgehead atoms. The van der Waals surface area contributed by atoms with Gasteiger partial charge in [-0.3, -0.25) is 14.6 Å². The van der Waals surface area contributed by atoms with Crippen molar-refractivity contribution < 1.29 is 9.59 Å². The molecule has 8 heteroatoms. The number of piperidine rings is 1. The Labute approximate surface area is 197 Å². The lowest BCUT2D eigenvalue weighted by Crippen LogP contribution is -2.53. The van der Waals surface area contributed by atoms with Gasteiger partial charge in [-0.2, -0.15) is 0 Å². The van der Waals surface area contributed by atoms with Gasteiger partial charge in [0.2, 0.25) is 0 Å². The molecule has 0 spiro atoms. The summed E-state index contributed by atoms with van der Waals surface area (Å²) in [6, 6.07) is 9.15. The molecule has 2 unspecified atom stereocenters. The second kappa shape index (κ2) is 9.04. The summed E-state index contributed by atoms with van der Waals surface area (Å²) in [5.41, 5.74) is 2.72. The molecule has 2 atom stereocenters. The van der Waals surface area contributed by atoms with Crippen molar-refractivity contribution in [2.75, 3.05) is 13.1 Å². The molecule has 1 aromatic carbocycles. The van der Waals surface area contributed by atoms with Crippen LogP contribution in [-0.4, -0.2) is 45.8 Å². The number of aromatic nitrogens is 2. The normalized spacial score (nSPS) is 18.8. The molecule has 2 aromatic heterocycles. The van der Waals surface area contributed by atoms with Gasteiger partial charge in [0, 0.05) is 41.4 Å². The molecule has 6 nitrogen and oxygen atoms in total. The van der Waals surface area contributed by atoms with E-state index in [1.807, 2.05) is 36.1 Å². The number of pyridine rings is 2. The first-order valence-electron chi connectivity index (χ1n) is 10.1. The van der Waals surface area contributed by atoms with E-state index >= 15 is 0 Å². The van der Waals surface area contributed by atoms with E-state index in [0.717, 1.165) is 26.3 Å². The Morgan fingerprint density at radius 2 is 1.94 bits per heavy atom. The average molecular weight is 546 g/mol. The summed E-state index contributed by atoms with van der Waals surface area (Å²) in [7, 11) is 0. The second-order valence-electron chi connectivity index (χ2n) is 7.97. The summed E-state index contributed by atoms with van der Waals surface area (Å²) >= 11 is 6.93. The Morgan fingerprint density at radius 3 is 2.74 bits per heavy atom. The molecule has 31 heavy (non-hydrogen) atoms. The molecular formula is C23H22Br2N4O2. The molecule has 1 fully saturated rings. The Bertz CT molecular complexity index is 1170. The maximum absolute atomic E-state index is 13.1. The van der Waals surface area contributed by atoms with E-state index in [0.29, 0.717) is 29.9 Å². The number of hydrogen-bond acceptors (Lipinski definition) is 4. The zero-order chi connectivity index (χ0) is 22.1. The van der Waals surface area contributed by atoms with E-state index in [2.05, 4.69) is 54.1 Å². The van der Waals surface area contributed by atoms with Crippen molar-refractivity contribution in [3.05, 3.63) is 68.5 Å². The van der Waals surface area contributed by atoms with E-state index in [1.54, 1.807) is 18.5 Å². The minimum absolute atomic E-state index is 0.0259. The molecule has 1 saturated heterocycles. The second-order valence-corrected chi connectivity index (χ2v) is 9.68. The third-order valence-corrected chi connectivity index (χ3v) is 6.97. The quantitative estimate of drug-likeness (QED) is 0.515. The lowest BCUT2D eigenvalue weighted by atomic mass is 9.92. The van der Waals surface area contributed by atoms with Gasteiger partial charge in [0.05, 0.1) is 15.6 Å². The lowest BCUT2D eigenvalue weighted by Gasteiger charge is -2.37. The Hall–Kier alpha value is -2.32. The lowest BCUT2D eigenvalue weighted by molar-refractivity contribution is 0.0623. The van der Waals surface area contributed by atoms with Crippen LogP contribution in [0.15, 0.2) is 51.7 Å². The van der Waals surface area contributed by atoms with Crippen molar-refractivity contribution in [1.82, 2.24) is 20.2 Å². The predicted molar refractivity (Wildman–Crippen MR) is 127 cm³/mol. The number of nitrogens with one attached hydrogen (secondary N) is 1. The molecule has 0 radical (unpaired) electrons. The summed E-state index contributed by atoms with van der Waals surface area (Å²) in [4.78, 5) is 36.5. The third-order valence-electron chi connectivity index (χ3n) is 5.70. The zero-order valence-corrected chi connectivity index (χ0v) is 20.4. The Balaban J connectivity index is 1.51. The summed E-state index contributed by atoms with van der Waals surface area (Å²) in [6.45, 7) is 5.20. The van der Waals surface area contributed by atoms with Gasteiger partial charge in [0.15, 0.2) is 0 Å². The van der Waals surface area contributed by atoms with Gasteiger partial charge in [-0.1, -0.05) is 18.6 Å². The minimum Gasteiger partial charge on any atom is -0.346 e. The van der Waals surface area contributed by atoms with Crippen molar-refractivity contribution in [1.29, 1.82) is 0 Å². The number of halogens is 2. The fourth-order valence-electron chi connectivity index (χ4n) is 3.79. The van der Waals surface area contributed by atoms with Crippen LogP contribution in [0.4, 0.5) is 0 Å². The number of aryl methyl sites for hydroxylation is 1. The first-order chi connectivity index (χ1) is 14.8. The summed E-state index contributed by atoms with van der Waals surface area (Å²) in [5, 5.41) is 3.95. The number of amides is 2. The molecule has 1 aliphatic rings. The van der Waals surface area contributed by atoms with E-state index in [1.165, 1.54) is 0 Å². The fraction of sp³-hybridized carbons (Fsp3) is 0.304. The van der Waals surface area contributed by atoms with Gasteiger partial charge in [-0.15, -0.1) is 0 Å². The first-order valence-corrected chi connectivity index (χ1v) is 11.7. The smallest absolute Gasteiger partial charge is 0.270 e. The SMILES string of the molecule is Cc1ccc(Br)c(C(=O)N2CCC(C)C(NC(=O)c3ccc4cncc(Br)c4n3)C2)c1. The van der Waals surface area contributed by atoms with Gasteiger partial charge in [0.1, 0.15) is 5.69 Å². The van der Waals surface area contributed by atoms with E-state index in [4.69, 9.17) is 0 Å². The van der Waals surface area contributed by atoms with Crippen LogP contribution in [0.25, 0.3) is 10.9 Å². The molecule has 0 saturated carbocycles. The van der Waals surface area contributed by atoms with Crippen molar-refractivity contribution in [2.45, 2.75) is 26.3 Å². The van der Waals surface area contributed by atoms with Crippen LogP contribution in [0.1, 0.15) is 39.8 Å². The molecule has 4 rings (SSSR count). The van der Waals surface area contributed by atoms with Crippen LogP contribution in [-0.2, 0) is 0 Å². The number of benzene rings is 1. The number of carbonyl (C=O) groups excluding carboxylic acids is 2. The zero-order valence-electron chi connectivity index (χ0n) is 17.2. The highest BCUT2D eigenvalue weighted by Crippen LogP contribution is 2.25. The molecule has 0 aliphatic carbocycles. The number of nitrogens with zero attached hydrogens (tertiary/aromatic N) is 3. The van der Waals surface area contributed by atoms with Crippen molar-refractivity contribution >= 4 is 54.6 Å². The highest BCUT2D eigenvalue weighted by Gasteiger charge is 2.31. The van der Waals surface area contributed by atoms with E-state index in [-0.39, 0.29) is 23.8 Å². The van der Waals surface area contributed by atoms with Crippen molar-refractivity contribution in [3.63, 3.8) is 0 Å². The summed E-state index contributed by atoms with van der Waals surface area (Å²) in [6.07, 6.45) is 4.19. The van der Waals surface area contributed by atoms with Gasteiger partial charge in [0.25, 0.3) is 11.8 Å². The van der Waals surface area contributed by atoms with Gasteiger partial charge < -0.3 is 10.2 Å². The summed E-state index contributed by atoms with van der Waals surface area (Å²) in [5.74, 6) is -0.0131. The molecule has 2 amide bonds. The molecule has 3 heterocycles. The molecule has 160 valence electrons. The molecule has 1 aliphatic heterocycles. The highest BCUT2D eigenvalue weighted by molar-refractivity contribution is 9.11. The molecular weight excluding hydrogens is 524 g/mol. The number of fused-ring (bicyclic) bond motifs is 1. The Kier molecular flexibility index (Phi) is 6.39. The van der Waals surface area contributed by atoms with Crippen molar-refractivity contribution in [3.8, 4) is 0 Å². The van der Waals surface area contributed by atoms with Gasteiger partial charge in [-0.25, -0.2) is 4.98 Å². The fourth-order valence-corrected chi connectivity index (χ4v) is 4.65. The number of carbonyl (C=O) groups is 2. The first kappa shape index (κ1) is 21.9. The third kappa shape index (κ3) is 4.65. The van der Waals surface area contributed by atoms with Crippen LogP contribution in [0.2, 0.25) is 0 Å². The standard InChI is InChI=1S/C23H22Br2N4O2/c1-13-3-5-17(24)16(9-13)23(31)29-8-7-14(2)20(12-29)28-22(30)19-6-4-15-10-26-11-18(25)21(15)27-19/h3-6,9-11,14,20H,7-8,12H2,1-2H3,(H,28,30). The highest BCUT2D eigenvalue weighted by atomic mass is 79.9. The van der Waals surface area contributed by atoms with E-state index in [9.17, 15) is 9.59 Å². The molecule has 1 N–H and O–H groups in total. The topological polar surface area (TPSA) is 75.2 Å². The predicted octanol–water partition coefficient (Wildman–Crippen LogP) is 4.74. The number of rotatable bonds is 3. The molecule has 3 aromatic rings. The van der Waals surface area contributed by atoms with Gasteiger partial charge >= 0.3 is 0 Å². The largest absolute Gasteiger partial charge is 0.346 e. The number of hydrogen-bond donors (Lipinski definition) is 1. The van der Waals surface area contributed by atoms with Crippen LogP contribution in [0.3, 0.4) is 0 Å². The maximum atomic E-state index is 13.1. The average Bonchev–Trinajstić information content (AvgIpc) is 2.76. The van der Waals surface area contributed by atoms with Crippen molar-refractivity contribution in [2.24, 2.45) is 5.92 Å². The van der Waals surface area contributed by atoms with Crippen LogP contribution in [0, 0.1) is 12.8 Å². The van der Waals surface area contributed by atoms with Crippen LogP contribution < -0.4 is 5.32 Å². The maximum Gasteiger partial charge on any atom is 0.270 e. The van der Waals surface area contributed by atoms with E-state index < -0.39 is 0 Å². The minimum atomic E-state index is -0.242. The Morgan fingerprint density at radius 1 is 1.13 bits per heavy atom. The van der Waals surface area contributed by atoms with Crippen LogP contribution in [0.5, 0.6) is 0 Å². The van der Waals surface area contributed by atoms with Gasteiger partial charge in [-0.05, 0) is 75.4 Å². The van der Waals surface area contributed by atoms with Crippen LogP contribution >= 0.6 is 31.9 Å². The summed E-state index contributed by atoms with van der Waals surface area (Å²) < 4.78 is 1.52. The monoisotopic (exact) mass is 544 g/mol. The number of likely N-dealkylation sites (tertiary alicyclic amines) is 1.